The van der Waals surface area contributed by atoms with Gasteiger partial charge in [0.1, 0.15) is 5.82 Å². The Morgan fingerprint density at radius 2 is 2.09 bits per heavy atom. The van der Waals surface area contributed by atoms with Crippen LogP contribution in [0.1, 0.15) is 31.2 Å². The molecular formula is C17H24FN3O2. The first kappa shape index (κ1) is 17.4. The van der Waals surface area contributed by atoms with E-state index in [2.05, 4.69) is 5.32 Å². The van der Waals surface area contributed by atoms with E-state index >= 15 is 0 Å². The third-order valence-corrected chi connectivity index (χ3v) is 4.15. The first-order chi connectivity index (χ1) is 11.1. The average Bonchev–Trinajstić information content (AvgIpc) is 2.55. The Kier molecular flexibility index (Phi) is 6.52. The zero-order valence-corrected chi connectivity index (χ0v) is 13.3. The Morgan fingerprint density at radius 1 is 1.30 bits per heavy atom. The number of carbonyl (C=O) groups is 2. The van der Waals surface area contributed by atoms with Crippen molar-refractivity contribution in [3.63, 3.8) is 0 Å². The Labute approximate surface area is 136 Å². The Morgan fingerprint density at radius 3 is 2.83 bits per heavy atom. The summed E-state index contributed by atoms with van der Waals surface area (Å²) in [5, 5.41) is 2.83. The van der Waals surface area contributed by atoms with E-state index in [-0.39, 0.29) is 36.5 Å². The van der Waals surface area contributed by atoms with Gasteiger partial charge in [-0.1, -0.05) is 18.2 Å². The normalized spacial score (nSPS) is 17.8. The summed E-state index contributed by atoms with van der Waals surface area (Å²) in [6.07, 6.45) is 3.17. The molecule has 1 atom stereocenters. The minimum Gasteiger partial charge on any atom is -0.354 e. The molecule has 5 nitrogen and oxygen atoms in total. The monoisotopic (exact) mass is 321 g/mol. The molecule has 2 amide bonds. The van der Waals surface area contributed by atoms with Crippen LogP contribution < -0.4 is 11.1 Å². The van der Waals surface area contributed by atoms with Crippen molar-refractivity contribution in [2.45, 2.75) is 38.1 Å². The number of nitrogens with two attached hydrogens (primary N) is 1. The minimum absolute atomic E-state index is 0.0234. The SMILES string of the molecule is NCCC(=O)NCC1CCCCN1C(=O)Cc1ccccc1F. The van der Waals surface area contributed by atoms with Crippen LogP contribution in [-0.4, -0.2) is 42.4 Å². The molecule has 1 aromatic rings. The molecule has 1 saturated heterocycles. The molecule has 1 unspecified atom stereocenters. The first-order valence-corrected chi connectivity index (χ1v) is 8.11. The van der Waals surface area contributed by atoms with Gasteiger partial charge in [-0.15, -0.1) is 0 Å². The molecule has 126 valence electrons. The maximum Gasteiger partial charge on any atom is 0.227 e. The second kappa shape index (κ2) is 8.62. The van der Waals surface area contributed by atoms with E-state index in [0.717, 1.165) is 19.3 Å². The van der Waals surface area contributed by atoms with Crippen LogP contribution >= 0.6 is 0 Å². The fraction of sp³-hybridized carbons (Fsp3) is 0.529. The number of rotatable bonds is 6. The highest BCUT2D eigenvalue weighted by Crippen LogP contribution is 2.18. The maximum atomic E-state index is 13.7. The molecule has 1 aliphatic heterocycles. The van der Waals surface area contributed by atoms with E-state index in [1.54, 1.807) is 23.1 Å². The second-order valence-electron chi connectivity index (χ2n) is 5.85. The number of hydrogen-bond acceptors (Lipinski definition) is 3. The summed E-state index contributed by atoms with van der Waals surface area (Å²) in [6, 6.07) is 6.31. The highest BCUT2D eigenvalue weighted by Gasteiger charge is 2.27. The zero-order chi connectivity index (χ0) is 16.7. The molecule has 2 rings (SSSR count). The smallest absolute Gasteiger partial charge is 0.227 e. The largest absolute Gasteiger partial charge is 0.354 e. The van der Waals surface area contributed by atoms with Crippen molar-refractivity contribution in [1.29, 1.82) is 0 Å². The lowest BCUT2D eigenvalue weighted by atomic mass is 10.0. The zero-order valence-electron chi connectivity index (χ0n) is 13.3. The van der Waals surface area contributed by atoms with E-state index in [1.807, 2.05) is 0 Å². The Hall–Kier alpha value is -1.95. The number of benzene rings is 1. The van der Waals surface area contributed by atoms with Gasteiger partial charge in [0.05, 0.1) is 6.42 Å². The van der Waals surface area contributed by atoms with Crippen molar-refractivity contribution < 1.29 is 14.0 Å². The number of amides is 2. The van der Waals surface area contributed by atoms with Gasteiger partial charge >= 0.3 is 0 Å². The number of nitrogens with one attached hydrogen (secondary N) is 1. The predicted molar refractivity (Wildman–Crippen MR) is 86.1 cm³/mol. The van der Waals surface area contributed by atoms with E-state index in [9.17, 15) is 14.0 Å². The maximum absolute atomic E-state index is 13.7. The summed E-state index contributed by atoms with van der Waals surface area (Å²) in [6.45, 7) is 1.40. The van der Waals surface area contributed by atoms with Crippen molar-refractivity contribution in [2.75, 3.05) is 19.6 Å². The third kappa shape index (κ3) is 5.03. The molecule has 0 saturated carbocycles. The number of piperidine rings is 1. The lowest BCUT2D eigenvalue weighted by Crippen LogP contribution is -2.50. The van der Waals surface area contributed by atoms with Gasteiger partial charge in [-0.2, -0.15) is 0 Å². The van der Waals surface area contributed by atoms with Gasteiger partial charge in [-0.3, -0.25) is 9.59 Å². The van der Waals surface area contributed by atoms with Crippen molar-refractivity contribution in [1.82, 2.24) is 10.2 Å². The number of halogens is 1. The van der Waals surface area contributed by atoms with Crippen molar-refractivity contribution in [3.8, 4) is 0 Å². The highest BCUT2D eigenvalue weighted by atomic mass is 19.1. The minimum atomic E-state index is -0.356. The highest BCUT2D eigenvalue weighted by molar-refractivity contribution is 5.79. The summed E-state index contributed by atoms with van der Waals surface area (Å²) in [5.74, 6) is -0.543. The molecule has 1 fully saturated rings. The average molecular weight is 321 g/mol. The van der Waals surface area contributed by atoms with Gasteiger partial charge in [0.2, 0.25) is 11.8 Å². The van der Waals surface area contributed by atoms with Crippen LogP contribution in [0.3, 0.4) is 0 Å². The molecule has 6 heteroatoms. The van der Waals surface area contributed by atoms with Crippen molar-refractivity contribution in [3.05, 3.63) is 35.6 Å². The predicted octanol–water partition coefficient (Wildman–Crippen LogP) is 1.21. The molecule has 0 radical (unpaired) electrons. The van der Waals surface area contributed by atoms with Crippen molar-refractivity contribution >= 4 is 11.8 Å². The fourth-order valence-electron chi connectivity index (χ4n) is 2.90. The van der Waals surface area contributed by atoms with E-state index in [0.29, 0.717) is 25.2 Å². The molecule has 0 bridgehead atoms. The van der Waals surface area contributed by atoms with Gasteiger partial charge in [0.15, 0.2) is 0 Å². The molecule has 23 heavy (non-hydrogen) atoms. The van der Waals surface area contributed by atoms with E-state index in [4.69, 9.17) is 5.73 Å². The van der Waals surface area contributed by atoms with Gasteiger partial charge in [-0.25, -0.2) is 4.39 Å². The van der Waals surface area contributed by atoms with Crippen molar-refractivity contribution in [2.24, 2.45) is 5.73 Å². The number of hydrogen-bond donors (Lipinski definition) is 2. The summed E-state index contributed by atoms with van der Waals surface area (Å²) in [4.78, 5) is 25.9. The van der Waals surface area contributed by atoms with Crippen LogP contribution in [0.2, 0.25) is 0 Å². The van der Waals surface area contributed by atoms with Gasteiger partial charge in [-0.05, 0) is 30.9 Å². The summed E-state index contributed by atoms with van der Waals surface area (Å²) >= 11 is 0. The number of nitrogens with zero attached hydrogens (tertiary/aromatic N) is 1. The molecule has 1 heterocycles. The van der Waals surface area contributed by atoms with Crippen LogP contribution in [0.4, 0.5) is 4.39 Å². The van der Waals surface area contributed by atoms with Crippen LogP contribution in [0.15, 0.2) is 24.3 Å². The van der Waals surface area contributed by atoms with Gasteiger partial charge < -0.3 is 16.0 Å². The van der Waals surface area contributed by atoms with Crippen LogP contribution in [-0.2, 0) is 16.0 Å². The summed E-state index contributed by atoms with van der Waals surface area (Å²) in [5.41, 5.74) is 5.76. The second-order valence-corrected chi connectivity index (χ2v) is 5.85. The van der Waals surface area contributed by atoms with E-state index < -0.39 is 0 Å². The van der Waals surface area contributed by atoms with Crippen LogP contribution in [0.25, 0.3) is 0 Å². The molecular weight excluding hydrogens is 297 g/mol. The Balaban J connectivity index is 1.95. The summed E-state index contributed by atoms with van der Waals surface area (Å²) < 4.78 is 13.7. The molecule has 1 aromatic carbocycles. The lowest BCUT2D eigenvalue weighted by Gasteiger charge is -2.36. The van der Waals surface area contributed by atoms with Crippen LogP contribution in [0.5, 0.6) is 0 Å². The molecule has 3 N–H and O–H groups in total. The summed E-state index contributed by atoms with van der Waals surface area (Å²) in [7, 11) is 0. The fourth-order valence-corrected chi connectivity index (χ4v) is 2.90. The van der Waals surface area contributed by atoms with Gasteiger partial charge in [0, 0.05) is 32.1 Å². The standard InChI is InChI=1S/C17H24FN3O2/c18-15-7-2-1-5-13(15)11-17(23)21-10-4-3-6-14(21)12-20-16(22)8-9-19/h1-2,5,7,14H,3-4,6,8-12,19H2,(H,20,22). The van der Waals surface area contributed by atoms with Crippen LogP contribution in [0, 0.1) is 5.82 Å². The number of carbonyl (C=O) groups excluding carboxylic acids is 2. The molecule has 0 aromatic heterocycles. The van der Waals surface area contributed by atoms with Gasteiger partial charge in [0.25, 0.3) is 0 Å². The quantitative estimate of drug-likeness (QED) is 0.827. The lowest BCUT2D eigenvalue weighted by molar-refractivity contribution is -0.134. The topological polar surface area (TPSA) is 75.4 Å². The first-order valence-electron chi connectivity index (χ1n) is 8.11. The molecule has 1 aliphatic rings. The molecule has 0 aliphatic carbocycles. The Bertz CT molecular complexity index is 550. The van der Waals surface area contributed by atoms with E-state index in [1.165, 1.54) is 6.07 Å². The molecule has 0 spiro atoms. The third-order valence-electron chi connectivity index (χ3n) is 4.15. The number of likely N-dealkylation sites (tertiary alicyclic amines) is 1.